The van der Waals surface area contributed by atoms with Crippen molar-refractivity contribution in [1.82, 2.24) is 14.9 Å². The Morgan fingerprint density at radius 1 is 1.23 bits per heavy atom. The summed E-state index contributed by atoms with van der Waals surface area (Å²) in [7, 11) is -0.200. The minimum absolute atomic E-state index is 0.115. The van der Waals surface area contributed by atoms with Crippen molar-refractivity contribution in [2.24, 2.45) is 5.92 Å². The number of nitrogens with zero attached hydrogens (tertiary/aromatic N) is 1. The lowest BCUT2D eigenvalue weighted by Gasteiger charge is -2.31. The van der Waals surface area contributed by atoms with E-state index in [4.69, 9.17) is 0 Å². The Morgan fingerprint density at radius 2 is 1.92 bits per heavy atom. The van der Waals surface area contributed by atoms with Gasteiger partial charge in [0.25, 0.3) is 0 Å². The molecule has 1 aliphatic rings. The normalized spacial score (nSPS) is 16.6. The Hall–Kier alpha value is -1.48. The van der Waals surface area contributed by atoms with Crippen molar-refractivity contribution in [3.63, 3.8) is 0 Å². The molecule has 1 amide bonds. The number of likely N-dealkylation sites (tertiary alicyclic amines) is 1. The van der Waals surface area contributed by atoms with E-state index in [1.807, 2.05) is 7.05 Å². The van der Waals surface area contributed by atoms with Gasteiger partial charge in [-0.15, -0.1) is 0 Å². The van der Waals surface area contributed by atoms with Crippen molar-refractivity contribution in [2.75, 3.05) is 45.6 Å². The quantitative estimate of drug-likeness (QED) is 0.628. The minimum atomic E-state index is -3.55. The molecule has 1 aromatic carbocycles. The summed E-state index contributed by atoms with van der Waals surface area (Å²) in [6.45, 7) is 4.95. The molecule has 8 heteroatoms. The highest BCUT2D eigenvalue weighted by Crippen LogP contribution is 2.21. The Labute approximate surface area is 156 Å². The topological polar surface area (TPSA) is 90.5 Å². The van der Waals surface area contributed by atoms with Crippen molar-refractivity contribution in [1.29, 1.82) is 0 Å². The lowest BCUT2D eigenvalue weighted by atomic mass is 9.93. The van der Waals surface area contributed by atoms with E-state index in [0.29, 0.717) is 17.8 Å². The number of carbonyl (C=O) groups excluding carboxylic acids is 1. The second-order valence-electron chi connectivity index (χ2n) is 6.85. The lowest BCUT2D eigenvalue weighted by molar-refractivity contribution is -0.117. The molecule has 0 radical (unpaired) electrons. The van der Waals surface area contributed by atoms with E-state index in [9.17, 15) is 13.2 Å². The summed E-state index contributed by atoms with van der Waals surface area (Å²) >= 11 is 0. The first kappa shape index (κ1) is 20.8. The molecule has 146 valence electrons. The molecule has 7 nitrogen and oxygen atoms in total. The van der Waals surface area contributed by atoms with E-state index in [1.165, 1.54) is 19.5 Å². The molecule has 3 N–H and O–H groups in total. The average molecular weight is 383 g/mol. The third kappa shape index (κ3) is 5.77. The zero-order valence-electron chi connectivity index (χ0n) is 15.8. The minimum Gasteiger partial charge on any atom is -0.325 e. The summed E-state index contributed by atoms with van der Waals surface area (Å²) in [5.74, 6) is 0.614. The van der Waals surface area contributed by atoms with Gasteiger partial charge in [-0.05, 0) is 83.5 Å². The van der Waals surface area contributed by atoms with Crippen LogP contribution in [0.2, 0.25) is 0 Å². The van der Waals surface area contributed by atoms with Crippen LogP contribution in [0, 0.1) is 12.8 Å². The molecule has 26 heavy (non-hydrogen) atoms. The zero-order chi connectivity index (χ0) is 19.2. The van der Waals surface area contributed by atoms with Gasteiger partial charge < -0.3 is 10.6 Å². The van der Waals surface area contributed by atoms with Gasteiger partial charge in [0.15, 0.2) is 0 Å². The van der Waals surface area contributed by atoms with Crippen LogP contribution < -0.4 is 15.4 Å². The summed E-state index contributed by atoms with van der Waals surface area (Å²) in [6.07, 6.45) is 3.41. The highest BCUT2D eigenvalue weighted by Gasteiger charge is 2.21. The number of carbonyl (C=O) groups is 1. The third-order valence-corrected chi connectivity index (χ3v) is 6.46. The van der Waals surface area contributed by atoms with E-state index in [1.54, 1.807) is 19.1 Å². The van der Waals surface area contributed by atoms with Gasteiger partial charge in [0.1, 0.15) is 0 Å². The molecule has 1 aliphatic heterocycles. The summed E-state index contributed by atoms with van der Waals surface area (Å²) in [6, 6.07) is 4.93. The van der Waals surface area contributed by atoms with Crippen molar-refractivity contribution in [2.45, 2.75) is 31.1 Å². The molecule has 1 heterocycles. The number of sulfonamides is 1. The largest absolute Gasteiger partial charge is 0.325 e. The van der Waals surface area contributed by atoms with Gasteiger partial charge in [0.05, 0.1) is 11.4 Å². The van der Waals surface area contributed by atoms with E-state index >= 15 is 0 Å². The SMILES string of the molecule is CNCCC1CCN(CC(=O)Nc2ccc(C)c(S(=O)(=O)NC)c2)CC1. The number of rotatable bonds is 8. The first-order valence-corrected chi connectivity index (χ1v) is 10.5. The number of piperidine rings is 1. The van der Waals surface area contributed by atoms with Gasteiger partial charge in [-0.3, -0.25) is 9.69 Å². The van der Waals surface area contributed by atoms with Crippen LogP contribution in [0.3, 0.4) is 0 Å². The molecular weight excluding hydrogens is 352 g/mol. The Balaban J connectivity index is 1.90. The van der Waals surface area contributed by atoms with E-state index in [-0.39, 0.29) is 10.8 Å². The molecule has 1 aromatic rings. The molecule has 0 atom stereocenters. The fourth-order valence-corrected chi connectivity index (χ4v) is 4.26. The van der Waals surface area contributed by atoms with Crippen molar-refractivity contribution < 1.29 is 13.2 Å². The Kier molecular flexibility index (Phi) is 7.57. The molecule has 0 bridgehead atoms. The molecule has 0 aromatic heterocycles. The van der Waals surface area contributed by atoms with Gasteiger partial charge in [-0.2, -0.15) is 0 Å². The van der Waals surface area contributed by atoms with Crippen LogP contribution in [0.5, 0.6) is 0 Å². The van der Waals surface area contributed by atoms with Gasteiger partial charge in [-0.25, -0.2) is 13.1 Å². The van der Waals surface area contributed by atoms with Crippen molar-refractivity contribution in [3.05, 3.63) is 23.8 Å². The second kappa shape index (κ2) is 9.45. The van der Waals surface area contributed by atoms with Crippen molar-refractivity contribution in [3.8, 4) is 0 Å². The molecule has 1 fully saturated rings. The predicted molar refractivity (Wildman–Crippen MR) is 104 cm³/mol. The standard InChI is InChI=1S/C18H30N4O3S/c1-14-4-5-16(12-17(14)26(24,25)20-3)21-18(23)13-22-10-7-15(8-11-22)6-9-19-2/h4-5,12,15,19-20H,6-11,13H2,1-3H3,(H,21,23). The van der Waals surface area contributed by atoms with Crippen LogP contribution in [0.1, 0.15) is 24.8 Å². The fraction of sp³-hybridized carbons (Fsp3) is 0.611. The maximum atomic E-state index is 12.3. The van der Waals surface area contributed by atoms with Crippen LogP contribution in [0.25, 0.3) is 0 Å². The molecular formula is C18H30N4O3S. The Bertz CT molecular complexity index is 713. The molecule has 0 saturated carbocycles. The van der Waals surface area contributed by atoms with Gasteiger partial charge in [0.2, 0.25) is 15.9 Å². The number of aryl methyl sites for hydroxylation is 1. The molecule has 0 aliphatic carbocycles. The predicted octanol–water partition coefficient (Wildman–Crippen LogP) is 1.16. The Morgan fingerprint density at radius 3 is 2.54 bits per heavy atom. The van der Waals surface area contributed by atoms with Crippen LogP contribution in [0.15, 0.2) is 23.1 Å². The van der Waals surface area contributed by atoms with Gasteiger partial charge in [-0.1, -0.05) is 6.07 Å². The lowest BCUT2D eigenvalue weighted by Crippen LogP contribution is -2.39. The molecule has 2 rings (SSSR count). The number of hydrogen-bond acceptors (Lipinski definition) is 5. The van der Waals surface area contributed by atoms with Gasteiger partial charge in [0, 0.05) is 5.69 Å². The van der Waals surface area contributed by atoms with Crippen LogP contribution >= 0.6 is 0 Å². The number of amides is 1. The van der Waals surface area contributed by atoms with Crippen LogP contribution in [-0.2, 0) is 14.8 Å². The van der Waals surface area contributed by atoms with E-state index in [2.05, 4.69) is 20.3 Å². The molecule has 1 saturated heterocycles. The average Bonchev–Trinajstić information content (AvgIpc) is 2.62. The van der Waals surface area contributed by atoms with Crippen LogP contribution in [-0.4, -0.2) is 59.5 Å². The summed E-state index contributed by atoms with van der Waals surface area (Å²) in [5, 5.41) is 6.00. The first-order chi connectivity index (χ1) is 12.4. The number of benzene rings is 1. The molecule has 0 spiro atoms. The second-order valence-corrected chi connectivity index (χ2v) is 8.70. The summed E-state index contributed by atoms with van der Waals surface area (Å²) < 4.78 is 26.4. The summed E-state index contributed by atoms with van der Waals surface area (Å²) in [4.78, 5) is 14.7. The monoisotopic (exact) mass is 382 g/mol. The van der Waals surface area contributed by atoms with Crippen molar-refractivity contribution >= 4 is 21.6 Å². The highest BCUT2D eigenvalue weighted by atomic mass is 32.2. The van der Waals surface area contributed by atoms with Gasteiger partial charge >= 0.3 is 0 Å². The number of hydrogen-bond donors (Lipinski definition) is 3. The van der Waals surface area contributed by atoms with Crippen LogP contribution in [0.4, 0.5) is 5.69 Å². The summed E-state index contributed by atoms with van der Waals surface area (Å²) in [5.41, 5.74) is 1.14. The maximum Gasteiger partial charge on any atom is 0.240 e. The fourth-order valence-electron chi connectivity index (χ4n) is 3.26. The molecule has 0 unspecified atom stereocenters. The first-order valence-electron chi connectivity index (χ1n) is 9.06. The highest BCUT2D eigenvalue weighted by molar-refractivity contribution is 7.89. The smallest absolute Gasteiger partial charge is 0.240 e. The third-order valence-electron chi connectivity index (χ3n) is 4.91. The van der Waals surface area contributed by atoms with E-state index < -0.39 is 10.0 Å². The maximum absolute atomic E-state index is 12.3. The number of nitrogens with one attached hydrogen (secondary N) is 3. The zero-order valence-corrected chi connectivity index (χ0v) is 16.7. The van der Waals surface area contributed by atoms with E-state index in [0.717, 1.165) is 38.4 Å². The number of anilines is 1.